The monoisotopic (exact) mass is 554 g/mol. The highest BCUT2D eigenvalue weighted by molar-refractivity contribution is 7.17. The van der Waals surface area contributed by atoms with E-state index < -0.39 is 15.0 Å². The van der Waals surface area contributed by atoms with Crippen LogP contribution in [0.3, 0.4) is 0 Å². The maximum absolute atomic E-state index is 11.5. The Morgan fingerprint density at radius 2 is 1.03 bits per heavy atom. The summed E-state index contributed by atoms with van der Waals surface area (Å²) in [7, 11) is 8.90. The Balaban J connectivity index is 2.81. The average molecular weight is 555 g/mol. The predicted molar refractivity (Wildman–Crippen MR) is 143 cm³/mol. The van der Waals surface area contributed by atoms with Gasteiger partial charge in [0.1, 0.15) is 0 Å². The lowest BCUT2D eigenvalue weighted by Crippen LogP contribution is -2.25. The molecule has 212 valence electrons. The molecule has 0 aliphatic carbocycles. The minimum atomic E-state index is -0.511. The van der Waals surface area contributed by atoms with Crippen LogP contribution in [0.1, 0.15) is 43.2 Å². The molecule has 2 unspecified atom stereocenters. The normalized spacial score (nSPS) is 12.8. The molecular weight excluding hydrogens is 515 g/mol. The van der Waals surface area contributed by atoms with Gasteiger partial charge in [0, 0.05) is 25.6 Å². The van der Waals surface area contributed by atoms with E-state index >= 15 is 0 Å². The molecule has 0 aliphatic rings. The summed E-state index contributed by atoms with van der Waals surface area (Å²) in [6.07, 6.45) is -0.0655. The van der Waals surface area contributed by atoms with Gasteiger partial charge in [-0.1, -0.05) is 0 Å². The lowest BCUT2D eigenvalue weighted by molar-refractivity contribution is -0.143. The van der Waals surface area contributed by atoms with E-state index in [1.54, 1.807) is 42.7 Å². The molecule has 0 saturated carbocycles. The molecule has 0 amide bonds. The summed E-state index contributed by atoms with van der Waals surface area (Å²) in [6.45, 7) is 4.87. The van der Waals surface area contributed by atoms with E-state index in [2.05, 4.69) is 0 Å². The number of ether oxygens (including phenoxy) is 8. The van der Waals surface area contributed by atoms with E-state index in [1.807, 2.05) is 38.1 Å². The number of rotatable bonds is 18. The molecule has 0 spiro atoms. The van der Waals surface area contributed by atoms with Gasteiger partial charge < -0.3 is 37.9 Å². The Morgan fingerprint density at radius 1 is 0.632 bits per heavy atom. The van der Waals surface area contributed by atoms with E-state index in [4.69, 9.17) is 42.4 Å². The van der Waals surface area contributed by atoms with Crippen LogP contribution in [0.4, 0.5) is 0 Å². The molecular formula is C27H39O10P. The van der Waals surface area contributed by atoms with Crippen LogP contribution in [-0.4, -0.2) is 68.8 Å². The van der Waals surface area contributed by atoms with Crippen LogP contribution in [0.25, 0.3) is 0 Å². The standard InChI is InChI=1S/C27H39O10P/c1-9-35-25(36-10-2)15-19(17-11-21(29-3)26(33-7)22(12-17)30-4)20(16-37-38-28)18-13-23(31-5)27(34-8)24(14-18)32-6/h11-14,19-20,25H,9-10,15-16H2,1-8H3. The summed E-state index contributed by atoms with van der Waals surface area (Å²) < 4.78 is 62.3. The van der Waals surface area contributed by atoms with Gasteiger partial charge >= 0.3 is 8.69 Å². The Bertz CT molecular complexity index is 959. The predicted octanol–water partition coefficient (Wildman–Crippen LogP) is 5.62. The summed E-state index contributed by atoms with van der Waals surface area (Å²) in [5.74, 6) is 2.29. The summed E-state index contributed by atoms with van der Waals surface area (Å²) in [5.41, 5.74) is 1.67. The Hall–Kier alpha value is -2.78. The quantitative estimate of drug-likeness (QED) is 0.171. The number of hydrogen-bond donors (Lipinski definition) is 0. The highest BCUT2D eigenvalue weighted by Gasteiger charge is 2.32. The Labute approximate surface area is 226 Å². The number of benzene rings is 2. The molecule has 2 aromatic rings. The Morgan fingerprint density at radius 3 is 1.34 bits per heavy atom. The van der Waals surface area contributed by atoms with E-state index in [0.717, 1.165) is 11.1 Å². The van der Waals surface area contributed by atoms with Gasteiger partial charge in [-0.3, -0.25) is 4.52 Å². The first-order valence-corrected chi connectivity index (χ1v) is 13.0. The first-order valence-electron chi connectivity index (χ1n) is 12.2. The second-order valence-corrected chi connectivity index (χ2v) is 8.48. The third-order valence-electron chi connectivity index (χ3n) is 6.17. The van der Waals surface area contributed by atoms with Crippen molar-refractivity contribution in [3.8, 4) is 34.5 Å². The van der Waals surface area contributed by atoms with E-state index in [1.165, 1.54) is 0 Å². The van der Waals surface area contributed by atoms with Gasteiger partial charge in [-0.25, -0.2) is 4.57 Å². The van der Waals surface area contributed by atoms with Crippen LogP contribution in [0, 0.1) is 0 Å². The van der Waals surface area contributed by atoms with E-state index in [0.29, 0.717) is 54.1 Å². The molecule has 0 N–H and O–H groups in total. The Kier molecular flexibility index (Phi) is 13.4. The summed E-state index contributed by atoms with van der Waals surface area (Å²) in [6, 6.07) is 7.50. The van der Waals surface area contributed by atoms with Crippen LogP contribution < -0.4 is 28.4 Å². The van der Waals surface area contributed by atoms with Crippen molar-refractivity contribution in [2.75, 3.05) is 62.5 Å². The minimum absolute atomic E-state index is 0.107. The lowest BCUT2D eigenvalue weighted by Gasteiger charge is -2.31. The topological polar surface area (TPSA) is 100 Å². The molecule has 11 heteroatoms. The molecule has 0 radical (unpaired) electrons. The summed E-state index contributed by atoms with van der Waals surface area (Å²) in [5, 5.41) is 0. The molecule has 10 nitrogen and oxygen atoms in total. The molecule has 38 heavy (non-hydrogen) atoms. The number of methoxy groups -OCH3 is 6. The molecule has 2 aromatic carbocycles. The second-order valence-electron chi connectivity index (χ2n) is 8.08. The fourth-order valence-corrected chi connectivity index (χ4v) is 4.70. The smallest absolute Gasteiger partial charge is 0.327 e. The fourth-order valence-electron chi connectivity index (χ4n) is 4.48. The minimum Gasteiger partial charge on any atom is -0.493 e. The van der Waals surface area contributed by atoms with Crippen LogP contribution in [-0.2, 0) is 18.6 Å². The van der Waals surface area contributed by atoms with Gasteiger partial charge in [0.2, 0.25) is 11.5 Å². The van der Waals surface area contributed by atoms with Crippen LogP contribution >= 0.6 is 8.69 Å². The van der Waals surface area contributed by atoms with Crippen molar-refractivity contribution in [2.24, 2.45) is 0 Å². The van der Waals surface area contributed by atoms with Crippen molar-refractivity contribution in [3.05, 3.63) is 35.4 Å². The van der Waals surface area contributed by atoms with Crippen molar-refractivity contribution in [2.45, 2.75) is 38.4 Å². The highest BCUT2D eigenvalue weighted by atomic mass is 31.1. The zero-order chi connectivity index (χ0) is 28.1. The van der Waals surface area contributed by atoms with Crippen molar-refractivity contribution >= 4 is 8.69 Å². The van der Waals surface area contributed by atoms with Crippen molar-refractivity contribution in [3.63, 3.8) is 0 Å². The molecule has 0 aliphatic heterocycles. The zero-order valence-electron chi connectivity index (χ0n) is 23.4. The van der Waals surface area contributed by atoms with E-state index in [-0.39, 0.29) is 18.4 Å². The van der Waals surface area contributed by atoms with Crippen molar-refractivity contribution in [1.82, 2.24) is 0 Å². The molecule has 2 rings (SSSR count). The molecule has 0 aromatic heterocycles. The van der Waals surface area contributed by atoms with Crippen LogP contribution in [0.5, 0.6) is 34.5 Å². The third-order valence-corrected chi connectivity index (χ3v) is 6.43. The van der Waals surface area contributed by atoms with Gasteiger partial charge in [0.15, 0.2) is 29.3 Å². The molecule has 2 atom stereocenters. The average Bonchev–Trinajstić information content (AvgIpc) is 2.95. The molecule has 0 bridgehead atoms. The maximum Gasteiger partial charge on any atom is 0.327 e. The van der Waals surface area contributed by atoms with Crippen LogP contribution in [0.2, 0.25) is 0 Å². The SMILES string of the molecule is CCOC(CC(c1cc(OC)c(OC)c(OC)c1)C(COP=O)c1cc(OC)c(OC)c(OC)c1)OCC. The van der Waals surface area contributed by atoms with Gasteiger partial charge in [-0.15, -0.1) is 0 Å². The third kappa shape index (κ3) is 7.63. The maximum atomic E-state index is 11.5. The van der Waals surface area contributed by atoms with Crippen molar-refractivity contribution < 1.29 is 47.0 Å². The molecule has 0 saturated heterocycles. The first-order chi connectivity index (χ1) is 18.5. The second kappa shape index (κ2) is 16.2. The van der Waals surface area contributed by atoms with Gasteiger partial charge in [0.05, 0.1) is 49.3 Å². The summed E-state index contributed by atoms with van der Waals surface area (Å²) in [4.78, 5) is 0. The zero-order valence-corrected chi connectivity index (χ0v) is 24.3. The summed E-state index contributed by atoms with van der Waals surface area (Å²) >= 11 is 0. The van der Waals surface area contributed by atoms with Gasteiger partial charge in [-0.05, 0) is 55.2 Å². The first kappa shape index (κ1) is 31.4. The van der Waals surface area contributed by atoms with Crippen molar-refractivity contribution in [1.29, 1.82) is 0 Å². The van der Waals surface area contributed by atoms with E-state index in [9.17, 15) is 4.57 Å². The fraction of sp³-hybridized carbons (Fsp3) is 0.556. The van der Waals surface area contributed by atoms with Gasteiger partial charge in [-0.2, -0.15) is 0 Å². The highest BCUT2D eigenvalue weighted by Crippen LogP contribution is 2.48. The molecule has 0 fully saturated rings. The van der Waals surface area contributed by atoms with Crippen LogP contribution in [0.15, 0.2) is 24.3 Å². The largest absolute Gasteiger partial charge is 0.493 e. The van der Waals surface area contributed by atoms with Gasteiger partial charge in [0.25, 0.3) is 0 Å². The number of hydrogen-bond acceptors (Lipinski definition) is 10. The molecule has 0 heterocycles. The lowest BCUT2D eigenvalue weighted by atomic mass is 9.79.